The summed E-state index contributed by atoms with van der Waals surface area (Å²) in [5, 5.41) is 14.8. The summed E-state index contributed by atoms with van der Waals surface area (Å²) in [6.07, 6.45) is 1.08. The van der Waals surface area contributed by atoms with Gasteiger partial charge in [0, 0.05) is 5.56 Å². The molecule has 1 aromatic carbocycles. The molecule has 0 aliphatic heterocycles. The maximum Gasteiger partial charge on any atom is 0.239 e. The van der Waals surface area contributed by atoms with E-state index in [1.54, 1.807) is 0 Å². The van der Waals surface area contributed by atoms with Crippen LogP contribution in [0.15, 0.2) is 18.2 Å². The van der Waals surface area contributed by atoms with Crippen LogP contribution in [0.25, 0.3) is 11.4 Å². The zero-order chi connectivity index (χ0) is 15.0. The molecule has 0 radical (unpaired) electrons. The molecule has 6 nitrogen and oxygen atoms in total. The van der Waals surface area contributed by atoms with Crippen molar-refractivity contribution >= 4 is 23.2 Å². The third kappa shape index (κ3) is 2.63. The number of anilines is 1. The van der Waals surface area contributed by atoms with Gasteiger partial charge in [0.15, 0.2) is 5.82 Å². The van der Waals surface area contributed by atoms with E-state index < -0.39 is 0 Å². The zero-order valence-corrected chi connectivity index (χ0v) is 12.6. The van der Waals surface area contributed by atoms with Crippen LogP contribution < -0.4 is 5.32 Å². The fourth-order valence-corrected chi connectivity index (χ4v) is 2.50. The van der Waals surface area contributed by atoms with E-state index in [0.717, 1.165) is 17.5 Å². The fourth-order valence-electron chi connectivity index (χ4n) is 2.43. The molecule has 21 heavy (non-hydrogen) atoms. The van der Waals surface area contributed by atoms with Gasteiger partial charge in [-0.1, -0.05) is 19.1 Å². The van der Waals surface area contributed by atoms with Gasteiger partial charge in [0.1, 0.15) is 5.88 Å². The van der Waals surface area contributed by atoms with Crippen LogP contribution in [0, 0.1) is 12.8 Å². The summed E-state index contributed by atoms with van der Waals surface area (Å²) in [7, 11) is 0. The summed E-state index contributed by atoms with van der Waals surface area (Å²) in [6, 6.07) is 6.11. The average Bonchev–Trinajstić information content (AvgIpc) is 3.01. The van der Waals surface area contributed by atoms with Crippen molar-refractivity contribution in [2.24, 2.45) is 5.92 Å². The third-order valence-corrected chi connectivity index (χ3v) is 4.02. The topological polar surface area (TPSA) is 72.7 Å². The summed E-state index contributed by atoms with van der Waals surface area (Å²) in [5.41, 5.74) is 2.48. The predicted molar refractivity (Wildman–Crippen MR) is 80.2 cm³/mol. The lowest BCUT2D eigenvalue weighted by Gasteiger charge is -2.13. The summed E-state index contributed by atoms with van der Waals surface area (Å²) in [4.78, 5) is 11.6. The summed E-state index contributed by atoms with van der Waals surface area (Å²) >= 11 is 5.58. The number of halogens is 1. The zero-order valence-electron chi connectivity index (χ0n) is 11.9. The van der Waals surface area contributed by atoms with E-state index in [-0.39, 0.29) is 11.8 Å². The number of aryl methyl sites for hydroxylation is 1. The molecule has 1 heterocycles. The van der Waals surface area contributed by atoms with Crippen molar-refractivity contribution in [1.82, 2.24) is 20.2 Å². The van der Waals surface area contributed by atoms with Crippen LogP contribution in [-0.2, 0) is 4.79 Å². The number of benzene rings is 1. The Labute approximate surface area is 127 Å². The van der Waals surface area contributed by atoms with Gasteiger partial charge in [-0.05, 0) is 41.3 Å². The Morgan fingerprint density at radius 3 is 2.95 bits per heavy atom. The van der Waals surface area contributed by atoms with Crippen molar-refractivity contribution in [2.75, 3.05) is 11.2 Å². The Morgan fingerprint density at radius 1 is 1.52 bits per heavy atom. The maximum absolute atomic E-state index is 11.6. The predicted octanol–water partition coefficient (Wildman–Crippen LogP) is 2.41. The number of carbonyl (C=O) groups excluding carboxylic acids is 1. The number of rotatable bonds is 4. The number of nitrogens with zero attached hydrogens (tertiary/aromatic N) is 4. The second-order valence-corrected chi connectivity index (χ2v) is 5.67. The molecular weight excluding hydrogens is 290 g/mol. The number of tetrazole rings is 1. The van der Waals surface area contributed by atoms with E-state index in [1.165, 1.54) is 0 Å². The van der Waals surface area contributed by atoms with Gasteiger partial charge in [0.2, 0.25) is 5.91 Å². The first-order chi connectivity index (χ1) is 10.1. The Bertz CT molecular complexity index is 684. The van der Waals surface area contributed by atoms with Crippen LogP contribution in [0.2, 0.25) is 0 Å². The first kappa shape index (κ1) is 14.0. The van der Waals surface area contributed by atoms with Crippen molar-refractivity contribution in [3.63, 3.8) is 0 Å². The van der Waals surface area contributed by atoms with Crippen LogP contribution in [0.1, 0.15) is 24.9 Å². The minimum atomic E-state index is -0.244. The molecular formula is C14H16ClN5O. The number of para-hydroxylation sites is 1. The Balaban J connectivity index is 2.04. The van der Waals surface area contributed by atoms with E-state index in [1.807, 2.05) is 29.8 Å². The largest absolute Gasteiger partial charge is 0.324 e. The number of amides is 1. The monoisotopic (exact) mass is 305 g/mol. The molecule has 0 bridgehead atoms. The van der Waals surface area contributed by atoms with Gasteiger partial charge >= 0.3 is 0 Å². The molecule has 1 fully saturated rings. The van der Waals surface area contributed by atoms with Gasteiger partial charge in [-0.2, -0.15) is 0 Å². The van der Waals surface area contributed by atoms with Crippen molar-refractivity contribution in [2.45, 2.75) is 26.3 Å². The molecule has 2 atom stereocenters. The molecule has 0 unspecified atom stereocenters. The fraction of sp³-hybridized carbons (Fsp3) is 0.429. The van der Waals surface area contributed by atoms with Gasteiger partial charge in [0.25, 0.3) is 0 Å². The molecule has 1 aliphatic carbocycles. The van der Waals surface area contributed by atoms with Gasteiger partial charge < -0.3 is 5.32 Å². The molecule has 7 heteroatoms. The van der Waals surface area contributed by atoms with Crippen molar-refractivity contribution in [3.8, 4) is 11.4 Å². The van der Waals surface area contributed by atoms with Crippen LogP contribution >= 0.6 is 11.6 Å². The van der Waals surface area contributed by atoms with Crippen molar-refractivity contribution < 1.29 is 4.79 Å². The summed E-state index contributed by atoms with van der Waals surface area (Å²) < 4.78 is 1.84. The quantitative estimate of drug-likeness (QED) is 0.880. The summed E-state index contributed by atoms with van der Waals surface area (Å²) in [6.45, 7) is 4.10. The highest BCUT2D eigenvalue weighted by Crippen LogP contribution is 2.44. The average molecular weight is 306 g/mol. The van der Waals surface area contributed by atoms with E-state index in [9.17, 15) is 4.79 Å². The molecule has 1 aliphatic rings. The third-order valence-electron chi connectivity index (χ3n) is 3.77. The van der Waals surface area contributed by atoms with Crippen LogP contribution in [-0.4, -0.2) is 32.0 Å². The van der Waals surface area contributed by atoms with Crippen molar-refractivity contribution in [1.29, 1.82) is 0 Å². The number of hydrogen-bond donors (Lipinski definition) is 1. The first-order valence-corrected chi connectivity index (χ1v) is 7.39. The molecule has 0 saturated heterocycles. The Kier molecular flexibility index (Phi) is 3.63. The number of carbonyl (C=O) groups is 1. The number of alkyl halides is 1. The molecule has 1 saturated carbocycles. The van der Waals surface area contributed by atoms with E-state index >= 15 is 0 Å². The summed E-state index contributed by atoms with van der Waals surface area (Å²) in [5.74, 6) is 0.931. The van der Waals surface area contributed by atoms with Crippen LogP contribution in [0.5, 0.6) is 0 Å². The molecule has 1 aromatic heterocycles. The van der Waals surface area contributed by atoms with E-state index in [2.05, 4.69) is 27.8 Å². The molecule has 3 rings (SSSR count). The molecule has 2 aromatic rings. The Hall–Kier alpha value is -1.95. The van der Waals surface area contributed by atoms with Gasteiger partial charge in [-0.3, -0.25) is 4.79 Å². The van der Waals surface area contributed by atoms with E-state index in [4.69, 9.17) is 11.6 Å². The highest BCUT2D eigenvalue weighted by molar-refractivity contribution is 6.29. The number of hydrogen-bond acceptors (Lipinski definition) is 4. The smallest absolute Gasteiger partial charge is 0.239 e. The van der Waals surface area contributed by atoms with Crippen LogP contribution in [0.3, 0.4) is 0 Å². The minimum absolute atomic E-state index is 0.0849. The second-order valence-electron chi connectivity index (χ2n) is 5.41. The number of nitrogens with one attached hydrogen (secondary N) is 1. The van der Waals surface area contributed by atoms with E-state index in [0.29, 0.717) is 23.5 Å². The van der Waals surface area contributed by atoms with Gasteiger partial charge in [0.05, 0.1) is 11.7 Å². The van der Waals surface area contributed by atoms with Gasteiger partial charge in [-0.15, -0.1) is 16.7 Å². The second kappa shape index (κ2) is 5.44. The first-order valence-electron chi connectivity index (χ1n) is 6.85. The maximum atomic E-state index is 11.6. The lowest BCUT2D eigenvalue weighted by molar-refractivity contribution is -0.113. The normalized spacial score (nSPS) is 20.3. The van der Waals surface area contributed by atoms with Crippen molar-refractivity contribution in [3.05, 3.63) is 23.8 Å². The van der Waals surface area contributed by atoms with Gasteiger partial charge in [-0.25, -0.2) is 4.68 Å². The number of aromatic nitrogens is 4. The molecule has 1 N–H and O–H groups in total. The SMILES string of the molecule is Cc1cccc(-c2nnnn2[C@@H]2C[C@H]2C)c1NC(=O)CCl. The Morgan fingerprint density at radius 2 is 2.29 bits per heavy atom. The molecule has 1 amide bonds. The standard InChI is InChI=1S/C14H16ClN5O/c1-8-4-3-5-10(13(8)16-12(21)7-15)14-17-18-19-20(14)11-6-9(11)2/h3-5,9,11H,6-7H2,1-2H3,(H,16,21)/t9-,11-/m1/s1. The molecule has 110 valence electrons. The highest BCUT2D eigenvalue weighted by atomic mass is 35.5. The lowest BCUT2D eigenvalue weighted by atomic mass is 10.1. The molecule has 0 spiro atoms. The highest BCUT2D eigenvalue weighted by Gasteiger charge is 2.37. The minimum Gasteiger partial charge on any atom is -0.324 e. The lowest BCUT2D eigenvalue weighted by Crippen LogP contribution is -2.15. The van der Waals surface area contributed by atoms with Crippen LogP contribution in [0.4, 0.5) is 5.69 Å².